The van der Waals surface area contributed by atoms with Crippen LogP contribution in [-0.2, 0) is 27.4 Å². The molecule has 0 aromatic heterocycles. The molecule has 3 heterocycles. The highest BCUT2D eigenvalue weighted by atomic mass is 16.7. The molecular formula is C38H42N4O4. The van der Waals surface area contributed by atoms with Gasteiger partial charge in [0.15, 0.2) is 6.29 Å². The molecule has 4 N–H and O–H groups in total. The van der Waals surface area contributed by atoms with Crippen LogP contribution in [0.1, 0.15) is 53.9 Å². The van der Waals surface area contributed by atoms with Gasteiger partial charge in [0.05, 0.1) is 25.5 Å². The minimum absolute atomic E-state index is 0.0108. The molecule has 0 unspecified atom stereocenters. The number of nitrogens with zero attached hydrogens (tertiary/aromatic N) is 2. The minimum atomic E-state index is -0.518. The predicted octanol–water partition coefficient (Wildman–Crippen LogP) is 5.28. The number of nitrogens with one attached hydrogen (secondary N) is 1. The van der Waals surface area contributed by atoms with Crippen LogP contribution in [0.25, 0.3) is 11.1 Å². The van der Waals surface area contributed by atoms with E-state index in [-0.39, 0.29) is 24.7 Å². The molecule has 0 bridgehead atoms. The first-order valence-corrected chi connectivity index (χ1v) is 16.3. The van der Waals surface area contributed by atoms with E-state index >= 15 is 0 Å². The lowest BCUT2D eigenvalue weighted by atomic mass is 9.85. The number of aliphatic hydroxyl groups is 1. The van der Waals surface area contributed by atoms with Crippen molar-refractivity contribution in [1.29, 1.82) is 0 Å². The Hall–Kier alpha value is -4.05. The summed E-state index contributed by atoms with van der Waals surface area (Å²) < 4.78 is 13.3. The summed E-state index contributed by atoms with van der Waals surface area (Å²) in [5, 5.41) is 12.7. The standard InChI is InChI=1S/C38H42N4O4/c39-23-28-5-4-6-32(21-28)29-13-15-31(16-14-29)36-45-34(22-35(46-36)30-11-9-27(25-43)10-12-30)24-41-19-17-38(18-20-41)37(44)40-26-42(38)33-7-2-1-3-8-33/h1-16,21,34-36,43H,17-20,22-26,39H2,(H,40,44)/t34-,35+,36+/m0/s1. The molecule has 1 amide bonds. The highest BCUT2D eigenvalue weighted by Crippen LogP contribution is 2.40. The number of likely N-dealkylation sites (tertiary alicyclic amines) is 1. The van der Waals surface area contributed by atoms with Crippen LogP contribution in [0.15, 0.2) is 103 Å². The van der Waals surface area contributed by atoms with Crippen LogP contribution in [0.3, 0.4) is 0 Å². The van der Waals surface area contributed by atoms with Gasteiger partial charge in [-0.1, -0.05) is 84.9 Å². The van der Waals surface area contributed by atoms with Crippen LogP contribution >= 0.6 is 0 Å². The zero-order valence-corrected chi connectivity index (χ0v) is 26.1. The summed E-state index contributed by atoms with van der Waals surface area (Å²) in [4.78, 5) is 17.9. The molecule has 3 aliphatic heterocycles. The van der Waals surface area contributed by atoms with E-state index in [0.29, 0.717) is 13.2 Å². The molecule has 4 aromatic carbocycles. The third-order valence-corrected chi connectivity index (χ3v) is 9.84. The molecule has 0 saturated carbocycles. The maximum Gasteiger partial charge on any atom is 0.247 e. The third-order valence-electron chi connectivity index (χ3n) is 9.84. The average molecular weight is 619 g/mol. The van der Waals surface area contributed by atoms with E-state index < -0.39 is 11.8 Å². The number of rotatable bonds is 8. The highest BCUT2D eigenvalue weighted by Gasteiger charge is 2.50. The van der Waals surface area contributed by atoms with Crippen molar-refractivity contribution < 1.29 is 19.4 Å². The zero-order valence-electron chi connectivity index (χ0n) is 26.1. The molecule has 3 fully saturated rings. The molecule has 3 aliphatic rings. The second-order valence-corrected chi connectivity index (χ2v) is 12.6. The number of benzene rings is 4. The van der Waals surface area contributed by atoms with E-state index in [0.717, 1.165) is 78.0 Å². The Bertz CT molecular complexity index is 1620. The lowest BCUT2D eigenvalue weighted by molar-refractivity contribution is -0.253. The van der Waals surface area contributed by atoms with Gasteiger partial charge in [0.25, 0.3) is 0 Å². The van der Waals surface area contributed by atoms with Gasteiger partial charge in [-0.3, -0.25) is 4.79 Å². The molecule has 1 spiro atoms. The van der Waals surface area contributed by atoms with E-state index in [1.54, 1.807) is 0 Å². The molecule has 3 atom stereocenters. The second kappa shape index (κ2) is 13.4. The zero-order chi connectivity index (χ0) is 31.5. The maximum atomic E-state index is 13.2. The van der Waals surface area contributed by atoms with Crippen molar-refractivity contribution in [2.75, 3.05) is 31.2 Å². The SMILES string of the molecule is NCc1cccc(-c2ccc([C@@H]3O[C@H](CN4CCC5(CC4)C(=O)NCN5c4ccccc4)C[C@H](c4ccc(CO)cc4)O3)cc2)c1. The van der Waals surface area contributed by atoms with Crippen LogP contribution in [0, 0.1) is 0 Å². The summed E-state index contributed by atoms with van der Waals surface area (Å²) in [5.41, 5.74) is 12.7. The lowest BCUT2D eigenvalue weighted by Gasteiger charge is -2.45. The van der Waals surface area contributed by atoms with Crippen molar-refractivity contribution in [1.82, 2.24) is 10.2 Å². The number of hydrogen-bond donors (Lipinski definition) is 3. The number of carbonyl (C=O) groups excluding carboxylic acids is 1. The van der Waals surface area contributed by atoms with Gasteiger partial charge in [0, 0.05) is 43.9 Å². The van der Waals surface area contributed by atoms with Crippen LogP contribution in [0.5, 0.6) is 0 Å². The quantitative estimate of drug-likeness (QED) is 0.247. The normalized spacial score (nSPS) is 23.0. The van der Waals surface area contributed by atoms with Crippen molar-refractivity contribution in [3.8, 4) is 11.1 Å². The van der Waals surface area contributed by atoms with Gasteiger partial charge in [0.1, 0.15) is 5.54 Å². The molecule has 8 heteroatoms. The molecule has 0 aliphatic carbocycles. The average Bonchev–Trinajstić information content (AvgIpc) is 3.44. The van der Waals surface area contributed by atoms with Crippen molar-refractivity contribution in [2.45, 2.75) is 56.5 Å². The monoisotopic (exact) mass is 618 g/mol. The molecule has 3 saturated heterocycles. The Labute approximate surface area is 270 Å². The molecule has 0 radical (unpaired) electrons. The first-order chi connectivity index (χ1) is 22.5. The number of anilines is 1. The number of hydrogen-bond acceptors (Lipinski definition) is 7. The van der Waals surface area contributed by atoms with Crippen molar-refractivity contribution >= 4 is 11.6 Å². The molecule has 7 rings (SSSR count). The number of nitrogens with two attached hydrogens (primary N) is 1. The van der Waals surface area contributed by atoms with Gasteiger partial charge in [-0.2, -0.15) is 0 Å². The van der Waals surface area contributed by atoms with Crippen LogP contribution in [0.2, 0.25) is 0 Å². The Morgan fingerprint density at radius 1 is 0.826 bits per heavy atom. The maximum absolute atomic E-state index is 13.2. The van der Waals surface area contributed by atoms with Crippen LogP contribution in [-0.4, -0.2) is 53.9 Å². The number of ether oxygens (including phenoxy) is 2. The lowest BCUT2D eigenvalue weighted by Crippen LogP contribution is -2.57. The fraction of sp³-hybridized carbons (Fsp3) is 0.342. The van der Waals surface area contributed by atoms with E-state index in [2.05, 4.69) is 63.6 Å². The second-order valence-electron chi connectivity index (χ2n) is 12.6. The summed E-state index contributed by atoms with van der Waals surface area (Å²) in [6.07, 6.45) is 1.52. The van der Waals surface area contributed by atoms with Gasteiger partial charge in [0.2, 0.25) is 5.91 Å². The Balaban J connectivity index is 1.08. The first kappa shape index (κ1) is 30.6. The molecule has 4 aromatic rings. The van der Waals surface area contributed by atoms with Gasteiger partial charge in [-0.25, -0.2) is 0 Å². The van der Waals surface area contributed by atoms with E-state index in [1.165, 1.54) is 0 Å². The minimum Gasteiger partial charge on any atom is -0.392 e. The Morgan fingerprint density at radius 3 is 2.28 bits per heavy atom. The van der Waals surface area contributed by atoms with Gasteiger partial charge in [-0.15, -0.1) is 0 Å². The fourth-order valence-corrected chi connectivity index (χ4v) is 7.17. The topological polar surface area (TPSA) is 100 Å². The van der Waals surface area contributed by atoms with E-state index in [9.17, 15) is 9.90 Å². The van der Waals surface area contributed by atoms with E-state index in [1.807, 2.05) is 54.6 Å². The van der Waals surface area contributed by atoms with Crippen molar-refractivity contribution in [3.63, 3.8) is 0 Å². The van der Waals surface area contributed by atoms with Crippen molar-refractivity contribution in [3.05, 3.63) is 125 Å². The van der Waals surface area contributed by atoms with Gasteiger partial charge < -0.3 is 35.4 Å². The number of para-hydroxylation sites is 1. The highest BCUT2D eigenvalue weighted by molar-refractivity contribution is 5.93. The summed E-state index contributed by atoms with van der Waals surface area (Å²) >= 11 is 0. The summed E-state index contributed by atoms with van der Waals surface area (Å²) in [7, 11) is 0. The first-order valence-electron chi connectivity index (χ1n) is 16.3. The summed E-state index contributed by atoms with van der Waals surface area (Å²) in [5.74, 6) is 0.128. The summed E-state index contributed by atoms with van der Waals surface area (Å²) in [6, 6.07) is 34.9. The number of amides is 1. The molecule has 46 heavy (non-hydrogen) atoms. The smallest absolute Gasteiger partial charge is 0.247 e. The number of carbonyl (C=O) groups is 1. The fourth-order valence-electron chi connectivity index (χ4n) is 7.17. The van der Waals surface area contributed by atoms with Gasteiger partial charge in [-0.05, 0) is 58.9 Å². The van der Waals surface area contributed by atoms with E-state index in [4.69, 9.17) is 15.2 Å². The number of aliphatic hydroxyl groups excluding tert-OH is 1. The molecule has 8 nitrogen and oxygen atoms in total. The summed E-state index contributed by atoms with van der Waals surface area (Å²) in [6.45, 7) is 3.45. The van der Waals surface area contributed by atoms with Crippen molar-refractivity contribution in [2.24, 2.45) is 5.73 Å². The Kier molecular flexibility index (Phi) is 8.88. The predicted molar refractivity (Wildman–Crippen MR) is 179 cm³/mol. The largest absolute Gasteiger partial charge is 0.392 e. The number of piperidine rings is 1. The van der Waals surface area contributed by atoms with Gasteiger partial charge >= 0.3 is 0 Å². The third kappa shape index (κ3) is 6.19. The van der Waals surface area contributed by atoms with Crippen LogP contribution in [0.4, 0.5) is 5.69 Å². The Morgan fingerprint density at radius 2 is 1.57 bits per heavy atom. The van der Waals surface area contributed by atoms with Crippen LogP contribution < -0.4 is 16.0 Å². The molecule has 238 valence electrons. The molecular weight excluding hydrogens is 576 g/mol.